The number of hydrogen-bond donors (Lipinski definition) is 0. The van der Waals surface area contributed by atoms with Crippen molar-refractivity contribution >= 4 is 65.0 Å². The molecule has 0 bridgehead atoms. The van der Waals surface area contributed by atoms with E-state index >= 15 is 4.21 Å². The molecule has 8 aromatic rings. The van der Waals surface area contributed by atoms with Crippen LogP contribution in [0.4, 0.5) is 5.69 Å². The summed E-state index contributed by atoms with van der Waals surface area (Å²) in [6.07, 6.45) is 0. The molecule has 0 N–H and O–H groups in total. The van der Waals surface area contributed by atoms with Crippen molar-refractivity contribution in [3.05, 3.63) is 146 Å². The van der Waals surface area contributed by atoms with Gasteiger partial charge in [0.05, 0.1) is 37.5 Å². The van der Waals surface area contributed by atoms with Crippen LogP contribution in [0.3, 0.4) is 0 Å². The number of benzene rings is 6. The minimum absolute atomic E-state index is 0.413. The lowest BCUT2D eigenvalue weighted by molar-refractivity contribution is 0.676. The van der Waals surface area contributed by atoms with Gasteiger partial charge in [0.2, 0.25) is 5.96 Å². The smallest absolute Gasteiger partial charge is 0.244 e. The molecule has 0 fully saturated rings. The minimum Gasteiger partial charge on any atom is -0.307 e. The quantitative estimate of drug-likeness (QED) is 0.204. The third-order valence-electron chi connectivity index (χ3n) is 8.34. The topological polar surface area (TPSA) is 51.6 Å². The van der Waals surface area contributed by atoms with Crippen LogP contribution < -0.4 is 0 Å². The maximum absolute atomic E-state index is 15.0. The van der Waals surface area contributed by atoms with Gasteiger partial charge in [0.1, 0.15) is 9.73 Å². The lowest BCUT2D eigenvalue weighted by atomic mass is 10.1. The van der Waals surface area contributed by atoms with E-state index < -0.39 is 9.73 Å². The SMILES string of the molecule is O=S1(c2ccccc2)=NC(n2c3ccccc3c3ccc4c5ccccc5n(-c5ccccc5)c4c32)=Nc2ccccc21. The summed E-state index contributed by atoms with van der Waals surface area (Å²) in [7, 11) is -3.01. The van der Waals surface area contributed by atoms with E-state index in [1.54, 1.807) is 0 Å². The average molecular weight is 573 g/mol. The molecule has 1 unspecified atom stereocenters. The molecule has 1 aliphatic heterocycles. The van der Waals surface area contributed by atoms with E-state index in [9.17, 15) is 0 Å². The van der Waals surface area contributed by atoms with Gasteiger partial charge in [0.15, 0.2) is 0 Å². The van der Waals surface area contributed by atoms with Gasteiger partial charge in [0, 0.05) is 27.2 Å². The highest BCUT2D eigenvalue weighted by atomic mass is 32.2. The van der Waals surface area contributed by atoms with Crippen molar-refractivity contribution in [1.29, 1.82) is 0 Å². The standard InChI is InChI=1S/C37H24N4OS/c42-43(26-15-5-2-6-16-26)34-22-12-9-19-31(34)38-37(39-43)41-33-21-11-8-18-28(33)30-24-23-29-27-17-7-10-20-32(27)40(35(29)36(30)41)25-13-3-1-4-14-25/h1-24H. The van der Waals surface area contributed by atoms with E-state index in [1.807, 2.05) is 66.7 Å². The number of hydrogen-bond acceptors (Lipinski definition) is 3. The van der Waals surface area contributed by atoms with Crippen LogP contribution in [0.15, 0.2) is 165 Å². The van der Waals surface area contributed by atoms with Crippen LogP contribution in [-0.2, 0) is 9.73 Å². The van der Waals surface area contributed by atoms with Crippen LogP contribution in [0.25, 0.3) is 49.3 Å². The van der Waals surface area contributed by atoms with Crippen LogP contribution in [0.2, 0.25) is 0 Å². The zero-order valence-corrected chi connectivity index (χ0v) is 23.8. The first-order chi connectivity index (χ1) is 21.2. The van der Waals surface area contributed by atoms with Gasteiger partial charge in [0.25, 0.3) is 0 Å². The number of aliphatic imine (C=N–C) groups is 1. The second-order valence-electron chi connectivity index (χ2n) is 10.7. The predicted octanol–water partition coefficient (Wildman–Crippen LogP) is 9.33. The van der Waals surface area contributed by atoms with Crippen LogP contribution in [0.5, 0.6) is 0 Å². The molecule has 6 aromatic carbocycles. The van der Waals surface area contributed by atoms with Crippen molar-refractivity contribution in [2.24, 2.45) is 9.36 Å². The van der Waals surface area contributed by atoms with Gasteiger partial charge < -0.3 is 4.57 Å². The van der Waals surface area contributed by atoms with Crippen molar-refractivity contribution in [2.45, 2.75) is 9.79 Å². The van der Waals surface area contributed by atoms with Crippen LogP contribution >= 0.6 is 0 Å². The molecule has 43 heavy (non-hydrogen) atoms. The highest BCUT2D eigenvalue weighted by Crippen LogP contribution is 2.42. The summed E-state index contributed by atoms with van der Waals surface area (Å²) in [6.45, 7) is 0. The summed E-state index contributed by atoms with van der Waals surface area (Å²) < 4.78 is 24.5. The third kappa shape index (κ3) is 3.38. The number of fused-ring (bicyclic) bond motifs is 8. The molecule has 0 saturated heterocycles. The van der Waals surface area contributed by atoms with Gasteiger partial charge >= 0.3 is 0 Å². The second-order valence-corrected chi connectivity index (χ2v) is 12.9. The number of aromatic nitrogens is 2. The molecule has 0 spiro atoms. The monoisotopic (exact) mass is 572 g/mol. The van der Waals surface area contributed by atoms with Crippen molar-refractivity contribution < 1.29 is 4.21 Å². The Morgan fingerprint density at radius 3 is 1.72 bits per heavy atom. The summed E-state index contributed by atoms with van der Waals surface area (Å²) in [5, 5.41) is 4.48. The Bertz CT molecular complexity index is 2550. The summed E-state index contributed by atoms with van der Waals surface area (Å²) in [5.41, 5.74) is 5.86. The molecule has 2 aromatic heterocycles. The Morgan fingerprint density at radius 2 is 1.02 bits per heavy atom. The molecule has 1 atom stereocenters. The van der Waals surface area contributed by atoms with Gasteiger partial charge in [-0.15, -0.1) is 0 Å². The van der Waals surface area contributed by atoms with Gasteiger partial charge in [-0.25, -0.2) is 9.20 Å². The molecule has 204 valence electrons. The summed E-state index contributed by atoms with van der Waals surface area (Å²) in [5.74, 6) is 0.413. The molecule has 1 aliphatic rings. The van der Waals surface area contributed by atoms with Crippen LogP contribution in [0.1, 0.15) is 0 Å². The highest BCUT2D eigenvalue weighted by Gasteiger charge is 2.28. The Hall–Kier alpha value is -5.46. The minimum atomic E-state index is -3.01. The van der Waals surface area contributed by atoms with Gasteiger partial charge in [-0.3, -0.25) is 4.57 Å². The maximum Gasteiger partial charge on any atom is 0.244 e. The normalized spacial score (nSPS) is 16.4. The lowest BCUT2D eigenvalue weighted by Crippen LogP contribution is -2.17. The number of nitrogens with zero attached hydrogens (tertiary/aromatic N) is 4. The summed E-state index contributed by atoms with van der Waals surface area (Å²) in [4.78, 5) is 6.40. The average Bonchev–Trinajstić information content (AvgIpc) is 3.59. The van der Waals surface area contributed by atoms with Crippen LogP contribution in [-0.4, -0.2) is 19.3 Å². The van der Waals surface area contributed by atoms with Crippen molar-refractivity contribution in [3.63, 3.8) is 0 Å². The Labute approximate surface area is 248 Å². The van der Waals surface area contributed by atoms with E-state index in [0.29, 0.717) is 21.4 Å². The predicted molar refractivity (Wildman–Crippen MR) is 176 cm³/mol. The zero-order valence-electron chi connectivity index (χ0n) is 23.0. The molecular formula is C37H24N4OS. The molecule has 0 radical (unpaired) electrons. The van der Waals surface area contributed by atoms with Crippen LogP contribution in [0, 0.1) is 0 Å². The van der Waals surface area contributed by atoms with E-state index in [4.69, 9.17) is 9.36 Å². The third-order valence-corrected chi connectivity index (χ3v) is 10.6. The largest absolute Gasteiger partial charge is 0.307 e. The number of rotatable bonds is 2. The van der Waals surface area contributed by atoms with Gasteiger partial charge in [-0.1, -0.05) is 97.1 Å². The number of para-hydroxylation sites is 4. The molecule has 9 rings (SSSR count). The molecule has 3 heterocycles. The Morgan fingerprint density at radius 1 is 0.488 bits per heavy atom. The van der Waals surface area contributed by atoms with Crippen molar-refractivity contribution in [1.82, 2.24) is 9.13 Å². The molecule has 0 aliphatic carbocycles. The molecule has 0 saturated carbocycles. The fourth-order valence-corrected chi connectivity index (χ4v) is 8.50. The van der Waals surface area contributed by atoms with E-state index in [-0.39, 0.29) is 0 Å². The van der Waals surface area contributed by atoms with Gasteiger partial charge in [-0.05, 0) is 48.5 Å². The van der Waals surface area contributed by atoms with E-state index in [2.05, 4.69) is 88.0 Å². The Kier molecular flexibility index (Phi) is 5.07. The fraction of sp³-hybridized carbons (Fsp3) is 0. The lowest BCUT2D eigenvalue weighted by Gasteiger charge is -2.20. The molecule has 0 amide bonds. The molecule has 5 nitrogen and oxygen atoms in total. The highest BCUT2D eigenvalue weighted by molar-refractivity contribution is 7.94. The summed E-state index contributed by atoms with van der Waals surface area (Å²) >= 11 is 0. The first kappa shape index (κ1) is 24.2. The van der Waals surface area contributed by atoms with Gasteiger partial charge in [-0.2, -0.15) is 4.36 Å². The van der Waals surface area contributed by atoms with Crippen molar-refractivity contribution in [3.8, 4) is 5.69 Å². The van der Waals surface area contributed by atoms with Crippen molar-refractivity contribution in [2.75, 3.05) is 0 Å². The maximum atomic E-state index is 15.0. The molecule has 6 heteroatoms. The Balaban J connectivity index is 1.50. The van der Waals surface area contributed by atoms with E-state index in [1.165, 1.54) is 5.39 Å². The molecular weight excluding hydrogens is 549 g/mol. The zero-order chi connectivity index (χ0) is 28.5. The second kappa shape index (κ2) is 9.02. The summed E-state index contributed by atoms with van der Waals surface area (Å²) in [6, 6.07) is 48.9. The first-order valence-corrected chi connectivity index (χ1v) is 15.7. The fourth-order valence-electron chi connectivity index (χ4n) is 6.50. The van der Waals surface area contributed by atoms with E-state index in [0.717, 1.165) is 43.9 Å². The first-order valence-electron chi connectivity index (χ1n) is 14.2.